The minimum absolute atomic E-state index is 0.447. The summed E-state index contributed by atoms with van der Waals surface area (Å²) < 4.78 is 1.66. The molecule has 0 aromatic carbocycles. The molecule has 3 heterocycles. The number of rotatable bonds is 3. The molecule has 2 aromatic heterocycles. The third kappa shape index (κ3) is 3.28. The predicted molar refractivity (Wildman–Crippen MR) is 80.7 cm³/mol. The van der Waals surface area contributed by atoms with E-state index in [4.69, 9.17) is 23.2 Å². The lowest BCUT2D eigenvalue weighted by Crippen LogP contribution is -2.47. The van der Waals surface area contributed by atoms with Crippen LogP contribution >= 0.6 is 23.2 Å². The molecule has 1 saturated heterocycles. The zero-order chi connectivity index (χ0) is 14.9. The fourth-order valence-electron chi connectivity index (χ4n) is 2.55. The van der Waals surface area contributed by atoms with Crippen LogP contribution < -0.4 is 4.90 Å². The standard InChI is InChI=1S/C13H15Cl2N5O/c14-10-7-11(15)12(16-8-10)19-4-1-13(21,2-5-19)9-20-6-3-17-18-20/h3,6-8,21H,1-2,4-5,9H2. The van der Waals surface area contributed by atoms with Gasteiger partial charge in [-0.05, 0) is 18.9 Å². The van der Waals surface area contributed by atoms with Crippen LogP contribution in [-0.4, -0.2) is 43.8 Å². The van der Waals surface area contributed by atoms with Crippen molar-refractivity contribution >= 4 is 29.0 Å². The maximum atomic E-state index is 10.6. The van der Waals surface area contributed by atoms with Crippen molar-refractivity contribution in [2.24, 2.45) is 0 Å². The maximum absolute atomic E-state index is 10.6. The zero-order valence-electron chi connectivity index (χ0n) is 11.3. The summed E-state index contributed by atoms with van der Waals surface area (Å²) >= 11 is 12.0. The summed E-state index contributed by atoms with van der Waals surface area (Å²) in [5.74, 6) is 0.712. The van der Waals surface area contributed by atoms with Crippen LogP contribution in [0, 0.1) is 0 Å². The molecule has 0 unspecified atom stereocenters. The number of piperidine rings is 1. The molecule has 6 nitrogen and oxygen atoms in total. The molecule has 21 heavy (non-hydrogen) atoms. The maximum Gasteiger partial charge on any atom is 0.147 e. The van der Waals surface area contributed by atoms with Crippen molar-refractivity contribution in [3.63, 3.8) is 0 Å². The van der Waals surface area contributed by atoms with Gasteiger partial charge in [-0.15, -0.1) is 5.10 Å². The first-order valence-electron chi connectivity index (χ1n) is 6.68. The Morgan fingerprint density at radius 2 is 2.05 bits per heavy atom. The Balaban J connectivity index is 1.67. The number of aliphatic hydroxyl groups is 1. The molecule has 3 rings (SSSR count). The minimum atomic E-state index is -0.775. The second-order valence-corrected chi connectivity index (χ2v) is 6.11. The average Bonchev–Trinajstić information content (AvgIpc) is 2.93. The largest absolute Gasteiger partial charge is 0.388 e. The molecular weight excluding hydrogens is 313 g/mol. The Kier molecular flexibility index (Phi) is 4.01. The van der Waals surface area contributed by atoms with Crippen LogP contribution in [0.2, 0.25) is 10.0 Å². The molecule has 0 spiro atoms. The van der Waals surface area contributed by atoms with Gasteiger partial charge in [0.05, 0.1) is 28.4 Å². The Hall–Kier alpha value is -1.37. The van der Waals surface area contributed by atoms with Gasteiger partial charge < -0.3 is 10.0 Å². The molecule has 1 N–H and O–H groups in total. The van der Waals surface area contributed by atoms with Crippen LogP contribution in [0.1, 0.15) is 12.8 Å². The molecule has 1 aliphatic rings. The van der Waals surface area contributed by atoms with Gasteiger partial charge in [0, 0.05) is 25.5 Å². The lowest BCUT2D eigenvalue weighted by atomic mass is 9.91. The summed E-state index contributed by atoms with van der Waals surface area (Å²) in [6.45, 7) is 1.81. The van der Waals surface area contributed by atoms with Crippen molar-refractivity contribution in [1.29, 1.82) is 0 Å². The Labute approximate surface area is 132 Å². The number of anilines is 1. The third-order valence-corrected chi connectivity index (χ3v) is 4.20. The van der Waals surface area contributed by atoms with Crippen molar-refractivity contribution in [1.82, 2.24) is 20.0 Å². The highest BCUT2D eigenvalue weighted by Crippen LogP contribution is 2.31. The fraction of sp³-hybridized carbons (Fsp3) is 0.462. The van der Waals surface area contributed by atoms with Gasteiger partial charge in [0.15, 0.2) is 0 Å². The van der Waals surface area contributed by atoms with Crippen molar-refractivity contribution in [3.05, 3.63) is 34.7 Å². The first-order valence-corrected chi connectivity index (χ1v) is 7.44. The summed E-state index contributed by atoms with van der Waals surface area (Å²) in [5.41, 5.74) is -0.775. The number of nitrogens with zero attached hydrogens (tertiary/aromatic N) is 5. The quantitative estimate of drug-likeness (QED) is 0.934. The number of aromatic nitrogens is 4. The molecule has 2 aromatic rings. The summed E-state index contributed by atoms with van der Waals surface area (Å²) in [7, 11) is 0. The van der Waals surface area contributed by atoms with E-state index in [-0.39, 0.29) is 0 Å². The average molecular weight is 328 g/mol. The highest BCUT2D eigenvalue weighted by molar-refractivity contribution is 6.36. The van der Waals surface area contributed by atoms with E-state index in [1.54, 1.807) is 29.3 Å². The summed E-state index contributed by atoms with van der Waals surface area (Å²) in [6.07, 6.45) is 6.18. The highest BCUT2D eigenvalue weighted by atomic mass is 35.5. The van der Waals surface area contributed by atoms with Crippen LogP contribution in [0.3, 0.4) is 0 Å². The second kappa shape index (κ2) is 5.79. The predicted octanol–water partition coefficient (Wildman–Crippen LogP) is 2.01. The molecular formula is C13H15Cl2N5O. The first kappa shape index (κ1) is 14.6. The second-order valence-electron chi connectivity index (χ2n) is 5.27. The Bertz CT molecular complexity index is 611. The summed E-state index contributed by atoms with van der Waals surface area (Å²) in [5, 5.41) is 19.3. The molecule has 0 atom stereocenters. The molecule has 8 heteroatoms. The van der Waals surface area contributed by atoms with Crippen LogP contribution in [0.25, 0.3) is 0 Å². The SMILES string of the molecule is OC1(Cn2ccnn2)CCN(c2ncc(Cl)cc2Cl)CC1. The van der Waals surface area contributed by atoms with E-state index >= 15 is 0 Å². The lowest BCUT2D eigenvalue weighted by Gasteiger charge is -2.38. The first-order chi connectivity index (χ1) is 10.1. The number of pyridine rings is 1. The minimum Gasteiger partial charge on any atom is -0.388 e. The van der Waals surface area contributed by atoms with Crippen LogP contribution in [-0.2, 0) is 6.54 Å². The molecule has 112 valence electrons. The van der Waals surface area contributed by atoms with Gasteiger partial charge >= 0.3 is 0 Å². The molecule has 0 saturated carbocycles. The zero-order valence-corrected chi connectivity index (χ0v) is 12.8. The monoisotopic (exact) mass is 327 g/mol. The van der Waals surface area contributed by atoms with Crippen molar-refractivity contribution < 1.29 is 5.11 Å². The van der Waals surface area contributed by atoms with E-state index in [0.29, 0.717) is 48.3 Å². The van der Waals surface area contributed by atoms with Crippen molar-refractivity contribution in [2.45, 2.75) is 25.0 Å². The molecule has 0 aliphatic carbocycles. The number of hydrogen-bond acceptors (Lipinski definition) is 5. The highest BCUT2D eigenvalue weighted by Gasteiger charge is 2.34. The van der Waals surface area contributed by atoms with E-state index in [0.717, 1.165) is 0 Å². The lowest BCUT2D eigenvalue weighted by molar-refractivity contribution is -0.00355. The van der Waals surface area contributed by atoms with E-state index in [9.17, 15) is 5.11 Å². The molecule has 0 amide bonds. The number of hydrogen-bond donors (Lipinski definition) is 1. The smallest absolute Gasteiger partial charge is 0.147 e. The molecule has 0 radical (unpaired) electrons. The Morgan fingerprint density at radius 3 is 2.67 bits per heavy atom. The van der Waals surface area contributed by atoms with Gasteiger partial charge in [0.1, 0.15) is 5.82 Å². The van der Waals surface area contributed by atoms with Gasteiger partial charge in [-0.2, -0.15) is 0 Å². The van der Waals surface area contributed by atoms with Crippen LogP contribution in [0.4, 0.5) is 5.82 Å². The topological polar surface area (TPSA) is 67.1 Å². The van der Waals surface area contributed by atoms with Crippen molar-refractivity contribution in [3.8, 4) is 0 Å². The summed E-state index contributed by atoms with van der Waals surface area (Å²) in [4.78, 5) is 6.34. The normalized spacial score (nSPS) is 18.0. The van der Waals surface area contributed by atoms with E-state index in [1.807, 2.05) is 0 Å². The van der Waals surface area contributed by atoms with Gasteiger partial charge in [0.25, 0.3) is 0 Å². The molecule has 1 fully saturated rings. The van der Waals surface area contributed by atoms with E-state index in [2.05, 4.69) is 20.2 Å². The van der Waals surface area contributed by atoms with Gasteiger partial charge in [-0.25, -0.2) is 9.67 Å². The van der Waals surface area contributed by atoms with Crippen LogP contribution in [0.15, 0.2) is 24.7 Å². The van der Waals surface area contributed by atoms with Crippen LogP contribution in [0.5, 0.6) is 0 Å². The van der Waals surface area contributed by atoms with Gasteiger partial charge in [-0.3, -0.25) is 0 Å². The number of halogens is 2. The van der Waals surface area contributed by atoms with E-state index < -0.39 is 5.60 Å². The van der Waals surface area contributed by atoms with E-state index in [1.165, 1.54) is 0 Å². The third-order valence-electron chi connectivity index (χ3n) is 3.71. The van der Waals surface area contributed by atoms with Gasteiger partial charge in [-0.1, -0.05) is 28.4 Å². The Morgan fingerprint density at radius 1 is 1.29 bits per heavy atom. The van der Waals surface area contributed by atoms with Gasteiger partial charge in [0.2, 0.25) is 0 Å². The van der Waals surface area contributed by atoms with Crippen molar-refractivity contribution in [2.75, 3.05) is 18.0 Å². The molecule has 0 bridgehead atoms. The molecule has 1 aliphatic heterocycles. The fourth-order valence-corrected chi connectivity index (χ4v) is 3.05. The summed E-state index contributed by atoms with van der Waals surface area (Å²) in [6, 6.07) is 1.68.